The number of halogens is 3. The number of hydrogen-bond donors (Lipinski definition) is 0. The molecule has 0 heterocycles. The zero-order valence-corrected chi connectivity index (χ0v) is 13.3. The zero-order chi connectivity index (χ0) is 15.6. The fourth-order valence-corrected chi connectivity index (χ4v) is 2.68. The highest BCUT2D eigenvalue weighted by Gasteiger charge is 2.14. The molecule has 2 rings (SSSR count). The van der Waals surface area contributed by atoms with E-state index in [1.165, 1.54) is 30.3 Å². The molecule has 0 radical (unpaired) electrons. The van der Waals surface area contributed by atoms with Crippen LogP contribution in [0.4, 0.5) is 8.78 Å². The number of ether oxygens (including phenoxy) is 1. The lowest BCUT2D eigenvalue weighted by Crippen LogP contribution is -2.03. The Labute approximate surface area is 129 Å². The predicted molar refractivity (Wildman–Crippen MR) is 77.9 cm³/mol. The Kier molecular flexibility index (Phi) is 4.63. The third kappa shape index (κ3) is 3.79. The van der Waals surface area contributed by atoms with E-state index in [9.17, 15) is 17.2 Å². The van der Waals surface area contributed by atoms with Crippen molar-refractivity contribution in [3.63, 3.8) is 0 Å². The molecule has 7 heteroatoms. The number of benzene rings is 2. The normalized spacial score (nSPS) is 11.4. The summed E-state index contributed by atoms with van der Waals surface area (Å²) in [6.45, 7) is -0.343. The van der Waals surface area contributed by atoms with Gasteiger partial charge in [-0.25, -0.2) is 17.2 Å². The van der Waals surface area contributed by atoms with E-state index in [4.69, 9.17) is 4.74 Å². The topological polar surface area (TPSA) is 43.4 Å². The molecule has 21 heavy (non-hydrogen) atoms. The first-order valence-electron chi connectivity index (χ1n) is 5.84. The van der Waals surface area contributed by atoms with Crippen LogP contribution in [0.3, 0.4) is 0 Å². The number of hydrogen-bond acceptors (Lipinski definition) is 3. The van der Waals surface area contributed by atoms with Crippen LogP contribution in [0.25, 0.3) is 0 Å². The van der Waals surface area contributed by atoms with Gasteiger partial charge >= 0.3 is 0 Å². The molecule has 0 amide bonds. The van der Waals surface area contributed by atoms with Crippen molar-refractivity contribution in [2.24, 2.45) is 0 Å². The van der Waals surface area contributed by atoms with Gasteiger partial charge in [-0.3, -0.25) is 0 Å². The molecule has 0 fully saturated rings. The van der Waals surface area contributed by atoms with Crippen LogP contribution in [0.2, 0.25) is 0 Å². The number of rotatable bonds is 4. The highest BCUT2D eigenvalue weighted by Crippen LogP contribution is 2.24. The third-order valence-electron chi connectivity index (χ3n) is 2.76. The molecule has 0 aliphatic heterocycles. The van der Waals surface area contributed by atoms with Gasteiger partial charge in [0.15, 0.2) is 9.84 Å². The maximum absolute atomic E-state index is 13.8. The van der Waals surface area contributed by atoms with E-state index in [1.54, 1.807) is 0 Å². The fourth-order valence-electron chi connectivity index (χ4n) is 1.65. The Hall–Kier alpha value is -1.47. The van der Waals surface area contributed by atoms with E-state index in [2.05, 4.69) is 15.9 Å². The average Bonchev–Trinajstić information content (AvgIpc) is 2.42. The second-order valence-corrected chi connectivity index (χ2v) is 7.23. The molecule has 0 N–H and O–H groups in total. The Morgan fingerprint density at radius 1 is 1.19 bits per heavy atom. The minimum Gasteiger partial charge on any atom is -0.489 e. The van der Waals surface area contributed by atoms with Crippen LogP contribution in [0.1, 0.15) is 5.56 Å². The summed E-state index contributed by atoms with van der Waals surface area (Å²) in [6.07, 6.45) is 1.07. The first kappa shape index (κ1) is 15.9. The lowest BCUT2D eigenvalue weighted by Gasteiger charge is -2.10. The largest absolute Gasteiger partial charge is 0.489 e. The molecule has 2 aromatic carbocycles. The summed E-state index contributed by atoms with van der Waals surface area (Å²) in [7, 11) is -3.37. The molecule has 0 aliphatic rings. The monoisotopic (exact) mass is 376 g/mol. The minimum absolute atomic E-state index is 0.0789. The van der Waals surface area contributed by atoms with Gasteiger partial charge in [0.2, 0.25) is 0 Å². The van der Waals surface area contributed by atoms with E-state index in [1.807, 2.05) is 0 Å². The van der Waals surface area contributed by atoms with E-state index in [0.29, 0.717) is 0 Å². The molecule has 0 atom stereocenters. The third-order valence-corrected chi connectivity index (χ3v) is 4.48. The Bertz CT molecular complexity index is 776. The van der Waals surface area contributed by atoms with Crippen LogP contribution < -0.4 is 4.74 Å². The molecule has 112 valence electrons. The molecule has 0 aliphatic carbocycles. The standard InChI is InChI=1S/C14H11BrF2O3S/c1-21(18,19)10-4-2-3-9(7-10)20-8-11-13(16)6-5-12(15)14(11)17/h2-7H,8H2,1H3. The first-order valence-corrected chi connectivity index (χ1v) is 8.53. The van der Waals surface area contributed by atoms with Crippen molar-refractivity contribution in [2.75, 3.05) is 6.26 Å². The smallest absolute Gasteiger partial charge is 0.175 e. The summed E-state index contributed by atoms with van der Waals surface area (Å²) in [5.41, 5.74) is -0.228. The predicted octanol–water partition coefficient (Wildman–Crippen LogP) is 3.71. The zero-order valence-electron chi connectivity index (χ0n) is 10.9. The van der Waals surface area contributed by atoms with Gasteiger partial charge in [-0.2, -0.15) is 0 Å². The Balaban J connectivity index is 2.24. The average molecular weight is 377 g/mol. The summed E-state index contributed by atoms with van der Waals surface area (Å²) in [4.78, 5) is 0.0789. The summed E-state index contributed by atoms with van der Waals surface area (Å²) in [5, 5.41) is 0. The second-order valence-electron chi connectivity index (χ2n) is 4.36. The van der Waals surface area contributed by atoms with Crippen molar-refractivity contribution < 1.29 is 21.9 Å². The lowest BCUT2D eigenvalue weighted by molar-refractivity contribution is 0.291. The van der Waals surface area contributed by atoms with E-state index >= 15 is 0 Å². The number of sulfone groups is 1. The minimum atomic E-state index is -3.37. The lowest BCUT2D eigenvalue weighted by atomic mass is 10.2. The van der Waals surface area contributed by atoms with Crippen LogP contribution in [0.15, 0.2) is 45.8 Å². The van der Waals surface area contributed by atoms with Crippen LogP contribution >= 0.6 is 15.9 Å². The van der Waals surface area contributed by atoms with Gasteiger partial charge in [0.05, 0.1) is 14.9 Å². The highest BCUT2D eigenvalue weighted by atomic mass is 79.9. The van der Waals surface area contributed by atoms with Crippen molar-refractivity contribution in [1.82, 2.24) is 0 Å². The van der Waals surface area contributed by atoms with Crippen molar-refractivity contribution >= 4 is 25.8 Å². The molecule has 2 aromatic rings. The van der Waals surface area contributed by atoms with Gasteiger partial charge in [-0.05, 0) is 46.3 Å². The van der Waals surface area contributed by atoms with Gasteiger partial charge in [-0.1, -0.05) is 6.07 Å². The molecule has 3 nitrogen and oxygen atoms in total. The van der Waals surface area contributed by atoms with Crippen LogP contribution in [0, 0.1) is 11.6 Å². The van der Waals surface area contributed by atoms with Crippen molar-refractivity contribution in [1.29, 1.82) is 0 Å². The van der Waals surface area contributed by atoms with Crippen LogP contribution in [-0.2, 0) is 16.4 Å². The molecule has 0 spiro atoms. The van der Waals surface area contributed by atoms with Crippen molar-refractivity contribution in [3.05, 3.63) is 58.1 Å². The van der Waals surface area contributed by atoms with Gasteiger partial charge in [0.1, 0.15) is 24.0 Å². The van der Waals surface area contributed by atoms with Gasteiger partial charge < -0.3 is 4.74 Å². The fraction of sp³-hybridized carbons (Fsp3) is 0.143. The van der Waals surface area contributed by atoms with Crippen LogP contribution in [0.5, 0.6) is 5.75 Å². The maximum Gasteiger partial charge on any atom is 0.175 e. The Morgan fingerprint density at radius 3 is 2.57 bits per heavy atom. The van der Waals surface area contributed by atoms with E-state index in [-0.39, 0.29) is 27.3 Å². The highest BCUT2D eigenvalue weighted by molar-refractivity contribution is 9.10. The van der Waals surface area contributed by atoms with Gasteiger partial charge in [0.25, 0.3) is 0 Å². The summed E-state index contributed by atoms with van der Waals surface area (Å²) in [5.74, 6) is -1.25. The molecule has 0 bridgehead atoms. The first-order chi connectivity index (χ1) is 9.79. The quantitative estimate of drug-likeness (QED) is 0.763. The maximum atomic E-state index is 13.8. The summed E-state index contributed by atoms with van der Waals surface area (Å²) < 4.78 is 55.6. The van der Waals surface area contributed by atoms with E-state index in [0.717, 1.165) is 12.3 Å². The summed E-state index contributed by atoms with van der Waals surface area (Å²) in [6, 6.07) is 8.13. The molecule has 0 saturated heterocycles. The van der Waals surface area contributed by atoms with Crippen molar-refractivity contribution in [2.45, 2.75) is 11.5 Å². The van der Waals surface area contributed by atoms with Gasteiger partial charge in [0, 0.05) is 6.26 Å². The summed E-state index contributed by atoms with van der Waals surface area (Å²) >= 11 is 2.97. The van der Waals surface area contributed by atoms with E-state index < -0.39 is 21.5 Å². The molecular weight excluding hydrogens is 366 g/mol. The second kappa shape index (κ2) is 6.11. The SMILES string of the molecule is CS(=O)(=O)c1cccc(OCc2c(F)ccc(Br)c2F)c1. The molecular formula is C14H11BrF2O3S. The Morgan fingerprint density at radius 2 is 1.90 bits per heavy atom. The van der Waals surface area contributed by atoms with Gasteiger partial charge in [-0.15, -0.1) is 0 Å². The van der Waals surface area contributed by atoms with Crippen molar-refractivity contribution in [3.8, 4) is 5.75 Å². The molecule has 0 aromatic heterocycles. The molecule has 0 saturated carbocycles. The molecule has 0 unspecified atom stereocenters. The van der Waals surface area contributed by atoms with Crippen LogP contribution in [-0.4, -0.2) is 14.7 Å².